The Morgan fingerprint density at radius 3 is 2.81 bits per heavy atom. The molecule has 0 fully saturated rings. The number of nitrogens with one attached hydrogen (secondary N) is 1. The maximum atomic E-state index is 12.1. The smallest absolute Gasteiger partial charge is 0.273 e. The van der Waals surface area contributed by atoms with E-state index in [9.17, 15) is 4.79 Å². The fourth-order valence-corrected chi connectivity index (χ4v) is 1.98. The van der Waals surface area contributed by atoms with Crippen LogP contribution in [0.15, 0.2) is 35.1 Å². The lowest BCUT2D eigenvalue weighted by Crippen LogP contribution is -2.32. The maximum absolute atomic E-state index is 12.1. The first-order valence-corrected chi connectivity index (χ1v) is 7.24. The van der Waals surface area contributed by atoms with Gasteiger partial charge < -0.3 is 9.84 Å². The lowest BCUT2D eigenvalue weighted by molar-refractivity contribution is 0.0928. The molecular formula is C16H21N3O2. The van der Waals surface area contributed by atoms with Crippen LogP contribution < -0.4 is 5.32 Å². The minimum Gasteiger partial charge on any atom is -0.355 e. The zero-order valence-corrected chi connectivity index (χ0v) is 12.7. The van der Waals surface area contributed by atoms with Crippen molar-refractivity contribution in [2.24, 2.45) is 5.92 Å². The van der Waals surface area contributed by atoms with Crippen LogP contribution in [0.25, 0.3) is 11.3 Å². The normalized spacial score (nSPS) is 12.4. The molecule has 21 heavy (non-hydrogen) atoms. The highest BCUT2D eigenvalue weighted by Crippen LogP contribution is 2.18. The van der Waals surface area contributed by atoms with Gasteiger partial charge in [-0.2, -0.15) is 0 Å². The van der Waals surface area contributed by atoms with Gasteiger partial charge in [-0.1, -0.05) is 19.0 Å². The van der Waals surface area contributed by atoms with E-state index in [1.165, 1.54) is 0 Å². The Kier molecular flexibility index (Phi) is 5.09. The van der Waals surface area contributed by atoms with Gasteiger partial charge in [0.25, 0.3) is 5.91 Å². The summed E-state index contributed by atoms with van der Waals surface area (Å²) in [5, 5.41) is 6.77. The van der Waals surface area contributed by atoms with Gasteiger partial charge >= 0.3 is 0 Å². The van der Waals surface area contributed by atoms with E-state index in [4.69, 9.17) is 4.52 Å². The Labute approximate surface area is 124 Å². The quantitative estimate of drug-likeness (QED) is 0.885. The average Bonchev–Trinajstić information content (AvgIpc) is 2.96. The zero-order chi connectivity index (χ0) is 15.2. The molecular weight excluding hydrogens is 266 g/mol. The van der Waals surface area contributed by atoms with Crippen LogP contribution in [0.5, 0.6) is 0 Å². The van der Waals surface area contributed by atoms with Crippen molar-refractivity contribution in [3.8, 4) is 11.3 Å². The van der Waals surface area contributed by atoms with Crippen molar-refractivity contribution in [2.75, 3.05) is 0 Å². The largest absolute Gasteiger partial charge is 0.355 e. The van der Waals surface area contributed by atoms with E-state index in [0.717, 1.165) is 18.4 Å². The van der Waals surface area contributed by atoms with E-state index >= 15 is 0 Å². The second kappa shape index (κ2) is 7.02. The van der Waals surface area contributed by atoms with Gasteiger partial charge in [-0.25, -0.2) is 0 Å². The molecule has 0 aliphatic rings. The molecule has 0 radical (unpaired) electrons. The van der Waals surface area contributed by atoms with Crippen molar-refractivity contribution in [2.45, 2.75) is 39.7 Å². The first-order chi connectivity index (χ1) is 10.1. The molecule has 5 nitrogen and oxygen atoms in total. The number of carbonyl (C=O) groups is 1. The molecule has 2 rings (SSSR count). The van der Waals surface area contributed by atoms with Crippen molar-refractivity contribution < 1.29 is 9.32 Å². The molecule has 1 amide bonds. The Bertz CT molecular complexity index is 578. The molecule has 0 aromatic carbocycles. The Hall–Kier alpha value is -2.17. The van der Waals surface area contributed by atoms with Crippen LogP contribution in [0.3, 0.4) is 0 Å². The van der Waals surface area contributed by atoms with Gasteiger partial charge in [0.15, 0.2) is 11.5 Å². The molecule has 112 valence electrons. The summed E-state index contributed by atoms with van der Waals surface area (Å²) in [6.45, 7) is 6.35. The first-order valence-electron chi connectivity index (χ1n) is 7.24. The van der Waals surface area contributed by atoms with Crippen LogP contribution in [0.4, 0.5) is 0 Å². The molecule has 2 aromatic heterocycles. The number of carbonyl (C=O) groups excluding carboxylic acids is 1. The third-order valence-electron chi connectivity index (χ3n) is 3.24. The molecule has 1 unspecified atom stereocenters. The minimum atomic E-state index is -0.204. The van der Waals surface area contributed by atoms with Crippen LogP contribution in [0.2, 0.25) is 0 Å². The molecule has 0 bridgehead atoms. The summed E-state index contributed by atoms with van der Waals surface area (Å²) in [4.78, 5) is 16.1. The lowest BCUT2D eigenvalue weighted by Gasteiger charge is -2.13. The van der Waals surface area contributed by atoms with Crippen molar-refractivity contribution in [1.29, 1.82) is 0 Å². The Morgan fingerprint density at radius 2 is 2.14 bits per heavy atom. The molecule has 2 aromatic rings. The van der Waals surface area contributed by atoms with E-state index < -0.39 is 0 Å². The monoisotopic (exact) mass is 287 g/mol. The Morgan fingerprint density at radius 1 is 1.33 bits per heavy atom. The summed E-state index contributed by atoms with van der Waals surface area (Å²) in [7, 11) is 0. The summed E-state index contributed by atoms with van der Waals surface area (Å²) in [6, 6.07) is 5.44. The molecule has 0 saturated carbocycles. The van der Waals surface area contributed by atoms with E-state index in [1.807, 2.05) is 19.1 Å². The molecule has 0 spiro atoms. The second-order valence-corrected chi connectivity index (χ2v) is 5.66. The van der Waals surface area contributed by atoms with E-state index in [1.54, 1.807) is 18.5 Å². The number of nitrogens with zero attached hydrogens (tertiary/aromatic N) is 2. The van der Waals surface area contributed by atoms with Crippen LogP contribution >= 0.6 is 0 Å². The molecule has 0 aliphatic carbocycles. The van der Waals surface area contributed by atoms with Gasteiger partial charge in [0.05, 0.1) is 0 Å². The van der Waals surface area contributed by atoms with Crippen molar-refractivity contribution >= 4 is 5.91 Å². The molecule has 0 saturated heterocycles. The van der Waals surface area contributed by atoms with E-state index in [2.05, 4.69) is 29.3 Å². The highest BCUT2D eigenvalue weighted by atomic mass is 16.5. The highest BCUT2D eigenvalue weighted by molar-refractivity contribution is 5.93. The topological polar surface area (TPSA) is 68.0 Å². The SMILES string of the molecule is CC(C)CCC(C)NC(=O)c1cc(-c2cccnc2)on1. The van der Waals surface area contributed by atoms with Gasteiger partial charge in [-0.15, -0.1) is 0 Å². The second-order valence-electron chi connectivity index (χ2n) is 5.66. The maximum Gasteiger partial charge on any atom is 0.273 e. The fraction of sp³-hybridized carbons (Fsp3) is 0.438. The third-order valence-corrected chi connectivity index (χ3v) is 3.24. The number of pyridine rings is 1. The summed E-state index contributed by atoms with van der Waals surface area (Å²) in [5.74, 6) is 0.974. The molecule has 1 N–H and O–H groups in total. The predicted octanol–water partition coefficient (Wildman–Crippen LogP) is 3.29. The average molecular weight is 287 g/mol. The highest BCUT2D eigenvalue weighted by Gasteiger charge is 2.15. The number of aromatic nitrogens is 2. The van der Waals surface area contributed by atoms with Gasteiger partial charge in [0.2, 0.25) is 0 Å². The molecule has 5 heteroatoms. The minimum absolute atomic E-state index is 0.124. The number of hydrogen-bond acceptors (Lipinski definition) is 4. The number of amides is 1. The predicted molar refractivity (Wildman–Crippen MR) is 80.7 cm³/mol. The van der Waals surface area contributed by atoms with Gasteiger partial charge in [-0.3, -0.25) is 9.78 Å². The van der Waals surface area contributed by atoms with Gasteiger partial charge in [0, 0.05) is 30.1 Å². The van der Waals surface area contributed by atoms with Crippen molar-refractivity contribution in [3.05, 3.63) is 36.3 Å². The lowest BCUT2D eigenvalue weighted by atomic mass is 10.0. The number of hydrogen-bond donors (Lipinski definition) is 1. The Balaban J connectivity index is 1.96. The van der Waals surface area contributed by atoms with Crippen LogP contribution in [0.1, 0.15) is 44.1 Å². The summed E-state index contributed by atoms with van der Waals surface area (Å²) < 4.78 is 5.20. The van der Waals surface area contributed by atoms with Crippen molar-refractivity contribution in [3.63, 3.8) is 0 Å². The van der Waals surface area contributed by atoms with E-state index in [0.29, 0.717) is 17.4 Å². The summed E-state index contributed by atoms with van der Waals surface area (Å²) in [6.07, 6.45) is 5.40. The fourth-order valence-electron chi connectivity index (χ4n) is 1.98. The van der Waals surface area contributed by atoms with Crippen molar-refractivity contribution in [1.82, 2.24) is 15.5 Å². The first kappa shape index (κ1) is 15.2. The standard InChI is InChI=1S/C16H21N3O2/c1-11(2)6-7-12(3)18-16(20)14-9-15(21-19-14)13-5-4-8-17-10-13/h4-5,8-12H,6-7H2,1-3H3,(H,18,20). The van der Waals surface area contributed by atoms with Gasteiger partial charge in [-0.05, 0) is 37.8 Å². The van der Waals surface area contributed by atoms with Crippen LogP contribution in [-0.4, -0.2) is 22.1 Å². The van der Waals surface area contributed by atoms with Gasteiger partial charge in [0.1, 0.15) is 0 Å². The molecule has 1 atom stereocenters. The van der Waals surface area contributed by atoms with E-state index in [-0.39, 0.29) is 11.9 Å². The van der Waals surface area contributed by atoms with Crippen LogP contribution in [-0.2, 0) is 0 Å². The molecule has 2 heterocycles. The molecule has 0 aliphatic heterocycles. The summed E-state index contributed by atoms with van der Waals surface area (Å²) >= 11 is 0. The zero-order valence-electron chi connectivity index (χ0n) is 12.7. The van der Waals surface area contributed by atoms with Crippen LogP contribution in [0, 0.1) is 5.92 Å². The summed E-state index contributed by atoms with van der Waals surface area (Å²) in [5.41, 5.74) is 1.10. The number of rotatable bonds is 6. The third kappa shape index (κ3) is 4.41.